The third-order valence-corrected chi connectivity index (χ3v) is 2.40. The Bertz CT molecular complexity index is 431. The maximum absolute atomic E-state index is 11.7. The Hall–Kier alpha value is -2.30. The fourth-order valence-corrected chi connectivity index (χ4v) is 1.44. The quantitative estimate of drug-likeness (QED) is 0.778. The highest BCUT2D eigenvalue weighted by Gasteiger charge is 2.22. The minimum Gasteiger partial charge on any atom is -0.479 e. The van der Waals surface area contributed by atoms with Gasteiger partial charge in [0.25, 0.3) is 0 Å². The Labute approximate surface area is 106 Å². The molecule has 0 aliphatic rings. The first-order valence-electron chi connectivity index (χ1n) is 5.46. The highest BCUT2D eigenvalue weighted by molar-refractivity contribution is 5.83. The summed E-state index contributed by atoms with van der Waals surface area (Å²) in [6.07, 6.45) is 1.57. The van der Waals surface area contributed by atoms with E-state index in [1.807, 2.05) is 0 Å². The van der Waals surface area contributed by atoms with Gasteiger partial charge in [-0.25, -0.2) is 9.59 Å². The number of amides is 2. The van der Waals surface area contributed by atoms with E-state index in [1.54, 1.807) is 43.5 Å². The molecule has 5 heteroatoms. The van der Waals surface area contributed by atoms with Crippen LogP contribution in [0.4, 0.5) is 4.79 Å². The number of carbonyl (C=O) groups excluding carboxylic acids is 1. The molecule has 0 bridgehead atoms. The van der Waals surface area contributed by atoms with Gasteiger partial charge >= 0.3 is 12.0 Å². The molecule has 1 unspecified atom stereocenters. The number of likely N-dealkylation sites (N-methyl/N-ethyl adjacent to an activating group) is 1. The zero-order chi connectivity index (χ0) is 13.5. The smallest absolute Gasteiger partial charge is 0.330 e. The van der Waals surface area contributed by atoms with E-state index in [9.17, 15) is 9.59 Å². The van der Waals surface area contributed by atoms with Crippen LogP contribution in [0, 0.1) is 0 Å². The normalized spacial score (nSPS) is 11.4. The molecule has 0 aliphatic carbocycles. The van der Waals surface area contributed by atoms with Crippen LogP contribution < -0.4 is 5.32 Å². The molecule has 96 valence electrons. The molecular weight excluding hydrogens is 232 g/mol. The van der Waals surface area contributed by atoms with E-state index in [2.05, 4.69) is 11.9 Å². The van der Waals surface area contributed by atoms with E-state index in [0.29, 0.717) is 12.1 Å². The number of carbonyl (C=O) groups is 2. The predicted molar refractivity (Wildman–Crippen MR) is 68.2 cm³/mol. The van der Waals surface area contributed by atoms with Crippen LogP contribution in [0.15, 0.2) is 43.0 Å². The van der Waals surface area contributed by atoms with Gasteiger partial charge in [0, 0.05) is 13.6 Å². The average Bonchev–Trinajstić information content (AvgIpc) is 2.36. The molecule has 2 N–H and O–H groups in total. The minimum atomic E-state index is -1.10. The van der Waals surface area contributed by atoms with Crippen molar-refractivity contribution in [2.45, 2.75) is 6.04 Å². The second kappa shape index (κ2) is 6.44. The maximum Gasteiger partial charge on any atom is 0.330 e. The zero-order valence-corrected chi connectivity index (χ0v) is 10.2. The number of rotatable bonds is 5. The lowest BCUT2D eigenvalue weighted by Crippen LogP contribution is -2.41. The monoisotopic (exact) mass is 248 g/mol. The van der Waals surface area contributed by atoms with E-state index in [0.717, 1.165) is 0 Å². The number of benzene rings is 1. The van der Waals surface area contributed by atoms with Gasteiger partial charge in [-0.05, 0) is 5.56 Å². The highest BCUT2D eigenvalue weighted by atomic mass is 16.4. The molecule has 18 heavy (non-hydrogen) atoms. The summed E-state index contributed by atoms with van der Waals surface area (Å²) in [7, 11) is 1.57. The van der Waals surface area contributed by atoms with Gasteiger partial charge < -0.3 is 15.3 Å². The average molecular weight is 248 g/mol. The van der Waals surface area contributed by atoms with E-state index < -0.39 is 18.0 Å². The third-order valence-electron chi connectivity index (χ3n) is 2.40. The standard InChI is InChI=1S/C13H16N2O3/c1-3-9-15(2)13(18)14-11(12(16)17)10-7-5-4-6-8-10/h3-8,11H,1,9H2,2H3,(H,14,18)(H,16,17). The van der Waals surface area contributed by atoms with Gasteiger partial charge in [0.2, 0.25) is 0 Å². The van der Waals surface area contributed by atoms with Gasteiger partial charge in [-0.1, -0.05) is 36.4 Å². The Kier molecular flexibility index (Phi) is 4.92. The molecule has 0 aromatic heterocycles. The van der Waals surface area contributed by atoms with Gasteiger partial charge in [-0.3, -0.25) is 0 Å². The predicted octanol–water partition coefficient (Wildman–Crippen LogP) is 1.64. The summed E-state index contributed by atoms with van der Waals surface area (Å²) in [6, 6.07) is 7.06. The molecule has 0 spiro atoms. The summed E-state index contributed by atoms with van der Waals surface area (Å²) < 4.78 is 0. The summed E-state index contributed by atoms with van der Waals surface area (Å²) in [5.41, 5.74) is 0.533. The zero-order valence-electron chi connectivity index (χ0n) is 10.2. The lowest BCUT2D eigenvalue weighted by atomic mass is 10.1. The molecule has 1 atom stereocenters. The molecule has 0 fully saturated rings. The first-order valence-corrected chi connectivity index (χ1v) is 5.46. The van der Waals surface area contributed by atoms with Crippen molar-refractivity contribution in [2.75, 3.05) is 13.6 Å². The first kappa shape index (κ1) is 13.8. The summed E-state index contributed by atoms with van der Waals surface area (Å²) >= 11 is 0. The lowest BCUT2D eigenvalue weighted by molar-refractivity contribution is -0.139. The molecule has 5 nitrogen and oxygen atoms in total. The van der Waals surface area contributed by atoms with Crippen molar-refractivity contribution >= 4 is 12.0 Å². The number of carboxylic acids is 1. The molecule has 1 aromatic carbocycles. The fraction of sp³-hybridized carbons (Fsp3) is 0.231. The van der Waals surface area contributed by atoms with Crippen LogP contribution in [0.1, 0.15) is 11.6 Å². The SMILES string of the molecule is C=CCN(C)C(=O)NC(C(=O)O)c1ccccc1. The molecule has 0 heterocycles. The van der Waals surface area contributed by atoms with Crippen LogP contribution >= 0.6 is 0 Å². The second-order valence-corrected chi connectivity index (χ2v) is 3.80. The second-order valence-electron chi connectivity index (χ2n) is 3.80. The van der Waals surface area contributed by atoms with Crippen molar-refractivity contribution in [1.82, 2.24) is 10.2 Å². The van der Waals surface area contributed by atoms with Crippen LogP contribution in [0.25, 0.3) is 0 Å². The van der Waals surface area contributed by atoms with Crippen molar-refractivity contribution in [2.24, 2.45) is 0 Å². The third kappa shape index (κ3) is 3.62. The molecule has 0 saturated heterocycles. The molecule has 1 aromatic rings. The van der Waals surface area contributed by atoms with E-state index in [-0.39, 0.29) is 0 Å². The molecule has 2 amide bonds. The molecule has 1 rings (SSSR count). The van der Waals surface area contributed by atoms with Crippen molar-refractivity contribution < 1.29 is 14.7 Å². The molecule has 0 aliphatic heterocycles. The molecule has 0 saturated carbocycles. The van der Waals surface area contributed by atoms with E-state index in [1.165, 1.54) is 4.90 Å². The summed E-state index contributed by atoms with van der Waals surface area (Å²) in [4.78, 5) is 24.2. The Morgan fingerprint density at radius 2 is 2.06 bits per heavy atom. The van der Waals surface area contributed by atoms with Crippen molar-refractivity contribution in [3.63, 3.8) is 0 Å². The van der Waals surface area contributed by atoms with Crippen LogP contribution in [-0.2, 0) is 4.79 Å². The van der Waals surface area contributed by atoms with Gasteiger partial charge in [0.15, 0.2) is 6.04 Å². The van der Waals surface area contributed by atoms with Gasteiger partial charge in [0.05, 0.1) is 0 Å². The van der Waals surface area contributed by atoms with Gasteiger partial charge in [-0.2, -0.15) is 0 Å². The number of nitrogens with zero attached hydrogens (tertiary/aromatic N) is 1. The number of hydrogen-bond acceptors (Lipinski definition) is 2. The Balaban J connectivity index is 2.79. The van der Waals surface area contributed by atoms with Crippen LogP contribution in [0.5, 0.6) is 0 Å². The van der Waals surface area contributed by atoms with Crippen LogP contribution in [0.3, 0.4) is 0 Å². The first-order chi connectivity index (χ1) is 8.56. The fourth-order valence-electron chi connectivity index (χ4n) is 1.44. The number of aliphatic carboxylic acids is 1. The van der Waals surface area contributed by atoms with Crippen LogP contribution in [0.2, 0.25) is 0 Å². The van der Waals surface area contributed by atoms with Gasteiger partial charge in [-0.15, -0.1) is 6.58 Å². The van der Waals surface area contributed by atoms with E-state index in [4.69, 9.17) is 5.11 Å². The van der Waals surface area contributed by atoms with Crippen molar-refractivity contribution in [3.05, 3.63) is 48.6 Å². The summed E-state index contributed by atoms with van der Waals surface area (Å²) in [6.45, 7) is 3.87. The topological polar surface area (TPSA) is 69.6 Å². The largest absolute Gasteiger partial charge is 0.479 e. The van der Waals surface area contributed by atoms with Crippen molar-refractivity contribution in [1.29, 1.82) is 0 Å². The number of nitrogens with one attached hydrogen (secondary N) is 1. The highest BCUT2D eigenvalue weighted by Crippen LogP contribution is 2.12. The Morgan fingerprint density at radius 1 is 1.44 bits per heavy atom. The summed E-state index contributed by atoms with van der Waals surface area (Å²) in [5, 5.41) is 11.6. The number of carboxylic acid groups (broad SMARTS) is 1. The number of urea groups is 1. The minimum absolute atomic E-state index is 0.354. The van der Waals surface area contributed by atoms with E-state index >= 15 is 0 Å². The number of hydrogen-bond donors (Lipinski definition) is 2. The summed E-state index contributed by atoms with van der Waals surface area (Å²) in [5.74, 6) is -1.10. The maximum atomic E-state index is 11.7. The molecular formula is C13H16N2O3. The van der Waals surface area contributed by atoms with Crippen LogP contribution in [-0.4, -0.2) is 35.6 Å². The molecule has 0 radical (unpaired) electrons. The lowest BCUT2D eigenvalue weighted by Gasteiger charge is -2.20. The van der Waals surface area contributed by atoms with Gasteiger partial charge in [0.1, 0.15) is 0 Å². The Morgan fingerprint density at radius 3 is 2.56 bits per heavy atom. The van der Waals surface area contributed by atoms with Crippen molar-refractivity contribution in [3.8, 4) is 0 Å².